The quantitative estimate of drug-likeness (QED) is 0.666. The monoisotopic (exact) mass is 298 g/mol. The number of likely N-dealkylation sites (tertiary alicyclic amines) is 2. The van der Waals surface area contributed by atoms with Crippen LogP contribution in [0.2, 0.25) is 0 Å². The standard InChI is InChI=1S/2C7H15N.C5H12/c2*1-2-5-8-6-3-4-7-8;1-3-5-4-2/h2*2-7H2,1H3;3-5H2,1-2H3. The van der Waals surface area contributed by atoms with Crippen molar-refractivity contribution in [2.75, 3.05) is 39.3 Å². The van der Waals surface area contributed by atoms with Gasteiger partial charge >= 0.3 is 0 Å². The molecule has 128 valence electrons. The topological polar surface area (TPSA) is 6.48 Å². The third-order valence-electron chi connectivity index (χ3n) is 4.18. The lowest BCUT2D eigenvalue weighted by atomic mass is 10.3. The number of nitrogens with zero attached hydrogens (tertiary/aromatic N) is 2. The van der Waals surface area contributed by atoms with Crippen molar-refractivity contribution in [2.24, 2.45) is 0 Å². The zero-order chi connectivity index (χ0) is 15.8. The largest absolute Gasteiger partial charge is 0.303 e. The van der Waals surface area contributed by atoms with E-state index in [-0.39, 0.29) is 0 Å². The van der Waals surface area contributed by atoms with E-state index in [0.717, 1.165) is 0 Å². The minimum atomic E-state index is 1.32. The molecule has 0 saturated carbocycles. The second-order valence-corrected chi connectivity index (χ2v) is 6.45. The van der Waals surface area contributed by atoms with Gasteiger partial charge in [-0.05, 0) is 77.8 Å². The molecule has 0 unspecified atom stereocenters. The Morgan fingerprint density at radius 2 is 0.857 bits per heavy atom. The highest BCUT2D eigenvalue weighted by Gasteiger charge is 2.09. The predicted octanol–water partition coefficient (Wildman–Crippen LogP) is 5.18. The van der Waals surface area contributed by atoms with Crippen LogP contribution in [-0.2, 0) is 0 Å². The van der Waals surface area contributed by atoms with Crippen LogP contribution in [0.5, 0.6) is 0 Å². The van der Waals surface area contributed by atoms with Crippen molar-refractivity contribution in [2.45, 2.75) is 85.5 Å². The minimum Gasteiger partial charge on any atom is -0.303 e. The molecule has 0 aliphatic carbocycles. The lowest BCUT2D eigenvalue weighted by Crippen LogP contribution is -2.19. The van der Waals surface area contributed by atoms with Crippen molar-refractivity contribution in [3.8, 4) is 0 Å². The molecule has 2 fully saturated rings. The van der Waals surface area contributed by atoms with Gasteiger partial charge in [0.1, 0.15) is 0 Å². The fraction of sp³-hybridized carbons (Fsp3) is 1.00. The van der Waals surface area contributed by atoms with Crippen LogP contribution in [0.1, 0.15) is 85.5 Å². The fourth-order valence-corrected chi connectivity index (χ4v) is 3.00. The van der Waals surface area contributed by atoms with E-state index in [1.54, 1.807) is 0 Å². The minimum absolute atomic E-state index is 1.32. The van der Waals surface area contributed by atoms with Gasteiger partial charge in [-0.3, -0.25) is 0 Å². The Bertz CT molecular complexity index is 162. The van der Waals surface area contributed by atoms with Crippen molar-refractivity contribution >= 4 is 0 Å². The summed E-state index contributed by atoms with van der Waals surface area (Å²) in [5, 5.41) is 0. The Hall–Kier alpha value is -0.0800. The maximum atomic E-state index is 2.54. The molecule has 0 atom stereocenters. The number of rotatable bonds is 6. The Balaban J connectivity index is 0.000000296. The molecule has 0 aromatic heterocycles. The van der Waals surface area contributed by atoms with Gasteiger partial charge in [0.25, 0.3) is 0 Å². The summed E-state index contributed by atoms with van der Waals surface area (Å²) in [5.74, 6) is 0. The van der Waals surface area contributed by atoms with Crippen molar-refractivity contribution in [3.05, 3.63) is 0 Å². The summed E-state index contributed by atoms with van der Waals surface area (Å²) in [7, 11) is 0. The first-order valence-corrected chi connectivity index (χ1v) is 9.73. The van der Waals surface area contributed by atoms with Crippen LogP contribution in [0, 0.1) is 0 Å². The summed E-state index contributed by atoms with van der Waals surface area (Å²) in [6.45, 7) is 17.0. The summed E-state index contributed by atoms with van der Waals surface area (Å²) in [5.41, 5.74) is 0. The second-order valence-electron chi connectivity index (χ2n) is 6.45. The molecule has 2 heterocycles. The molecule has 0 spiro atoms. The zero-order valence-electron chi connectivity index (χ0n) is 15.5. The van der Waals surface area contributed by atoms with Crippen LogP contribution in [-0.4, -0.2) is 49.1 Å². The Labute approximate surface area is 135 Å². The molecule has 0 radical (unpaired) electrons. The average Bonchev–Trinajstić information content (AvgIpc) is 3.16. The molecule has 0 aromatic carbocycles. The van der Waals surface area contributed by atoms with Crippen LogP contribution in [0.15, 0.2) is 0 Å². The van der Waals surface area contributed by atoms with Gasteiger partial charge in [0.05, 0.1) is 0 Å². The smallest absolute Gasteiger partial charge is 0.00183 e. The van der Waals surface area contributed by atoms with Gasteiger partial charge < -0.3 is 9.80 Å². The molecule has 0 N–H and O–H groups in total. The molecule has 0 bridgehead atoms. The predicted molar refractivity (Wildman–Crippen MR) is 97.1 cm³/mol. The maximum Gasteiger partial charge on any atom is -0.00183 e. The molecule has 2 rings (SSSR count). The summed E-state index contributed by atoms with van der Waals surface area (Å²) < 4.78 is 0. The summed E-state index contributed by atoms with van der Waals surface area (Å²) in [4.78, 5) is 5.08. The first kappa shape index (κ1) is 20.9. The molecule has 21 heavy (non-hydrogen) atoms. The van der Waals surface area contributed by atoms with E-state index in [1.165, 1.54) is 97.1 Å². The number of hydrogen-bond acceptors (Lipinski definition) is 2. The fourth-order valence-electron chi connectivity index (χ4n) is 3.00. The summed E-state index contributed by atoms with van der Waals surface area (Å²) >= 11 is 0. The Morgan fingerprint density at radius 3 is 1.05 bits per heavy atom. The van der Waals surface area contributed by atoms with Crippen LogP contribution >= 0.6 is 0 Å². The number of hydrogen-bond donors (Lipinski definition) is 0. The van der Waals surface area contributed by atoms with E-state index in [9.17, 15) is 0 Å². The first-order valence-electron chi connectivity index (χ1n) is 9.73. The zero-order valence-corrected chi connectivity index (χ0v) is 15.5. The number of unbranched alkanes of at least 4 members (excludes halogenated alkanes) is 2. The molecule has 0 aromatic rings. The molecular formula is C19H42N2. The van der Waals surface area contributed by atoms with E-state index in [1.807, 2.05) is 0 Å². The molecule has 2 heteroatoms. The molecule has 0 amide bonds. The van der Waals surface area contributed by atoms with Crippen LogP contribution in [0.25, 0.3) is 0 Å². The normalized spacial score (nSPS) is 18.9. The van der Waals surface area contributed by atoms with E-state index in [4.69, 9.17) is 0 Å². The van der Waals surface area contributed by atoms with Crippen molar-refractivity contribution < 1.29 is 0 Å². The van der Waals surface area contributed by atoms with Gasteiger partial charge in [0.2, 0.25) is 0 Å². The van der Waals surface area contributed by atoms with Crippen molar-refractivity contribution in [1.82, 2.24) is 9.80 Å². The Kier molecular flexibility index (Phi) is 16.2. The SMILES string of the molecule is CCCCC.CCCN1CCCC1.CCCN1CCCC1. The van der Waals surface area contributed by atoms with Crippen LogP contribution in [0.4, 0.5) is 0 Å². The van der Waals surface area contributed by atoms with Crippen molar-refractivity contribution in [3.63, 3.8) is 0 Å². The third kappa shape index (κ3) is 13.3. The molecule has 2 aliphatic rings. The maximum absolute atomic E-state index is 2.54. The summed E-state index contributed by atoms with van der Waals surface area (Å²) in [6.07, 6.45) is 12.4. The third-order valence-corrected chi connectivity index (χ3v) is 4.18. The summed E-state index contributed by atoms with van der Waals surface area (Å²) in [6, 6.07) is 0. The van der Waals surface area contributed by atoms with Gasteiger partial charge in [-0.2, -0.15) is 0 Å². The van der Waals surface area contributed by atoms with E-state index >= 15 is 0 Å². The van der Waals surface area contributed by atoms with E-state index in [0.29, 0.717) is 0 Å². The van der Waals surface area contributed by atoms with Crippen molar-refractivity contribution in [1.29, 1.82) is 0 Å². The molecule has 2 saturated heterocycles. The van der Waals surface area contributed by atoms with E-state index in [2.05, 4.69) is 37.5 Å². The highest BCUT2D eigenvalue weighted by atomic mass is 15.1. The molecule has 2 nitrogen and oxygen atoms in total. The van der Waals surface area contributed by atoms with Gasteiger partial charge in [-0.1, -0.05) is 47.0 Å². The lowest BCUT2D eigenvalue weighted by molar-refractivity contribution is 0.339. The first-order chi connectivity index (χ1) is 10.3. The van der Waals surface area contributed by atoms with Crippen LogP contribution < -0.4 is 0 Å². The highest BCUT2D eigenvalue weighted by molar-refractivity contribution is 4.64. The lowest BCUT2D eigenvalue weighted by Gasteiger charge is -2.11. The van der Waals surface area contributed by atoms with Gasteiger partial charge in [-0.15, -0.1) is 0 Å². The second kappa shape index (κ2) is 16.3. The highest BCUT2D eigenvalue weighted by Crippen LogP contribution is 2.07. The van der Waals surface area contributed by atoms with Gasteiger partial charge in [-0.25, -0.2) is 0 Å². The van der Waals surface area contributed by atoms with Gasteiger partial charge in [0, 0.05) is 0 Å². The molecule has 2 aliphatic heterocycles. The van der Waals surface area contributed by atoms with Gasteiger partial charge in [0.15, 0.2) is 0 Å². The molecular weight excluding hydrogens is 256 g/mol. The van der Waals surface area contributed by atoms with E-state index < -0.39 is 0 Å². The average molecular weight is 299 g/mol. The Morgan fingerprint density at radius 1 is 0.524 bits per heavy atom. The van der Waals surface area contributed by atoms with Crippen LogP contribution in [0.3, 0.4) is 0 Å².